The van der Waals surface area contributed by atoms with Crippen molar-refractivity contribution in [2.24, 2.45) is 0 Å². The second-order valence-electron chi connectivity index (χ2n) is 5.19. The van der Waals surface area contributed by atoms with Crippen molar-refractivity contribution in [3.05, 3.63) is 58.8 Å². The number of hydrogen-bond acceptors (Lipinski definition) is 4. The maximum Gasteiger partial charge on any atom is 0.175 e. The zero-order chi connectivity index (χ0) is 14.1. The fourth-order valence-corrected chi connectivity index (χ4v) is 2.70. The zero-order valence-corrected chi connectivity index (χ0v) is 11.4. The van der Waals surface area contributed by atoms with Crippen LogP contribution in [0.15, 0.2) is 36.5 Å². The summed E-state index contributed by atoms with van der Waals surface area (Å²) in [7, 11) is 0. The van der Waals surface area contributed by atoms with E-state index in [1.807, 2.05) is 31.2 Å². The molecular formula is C16H17N3O. The standard InChI is InChI=1S/C16H17N3O/c1-10-6-13(16(17)19-7-10)15(20)14-9-18-8-11-4-2-3-5-12(11)14/h2-7,14,18H,8-9H2,1H3,(H2,17,19). The molecule has 1 aliphatic heterocycles. The van der Waals surface area contributed by atoms with Crippen molar-refractivity contribution in [1.29, 1.82) is 0 Å². The number of rotatable bonds is 2. The summed E-state index contributed by atoms with van der Waals surface area (Å²) in [6.07, 6.45) is 1.68. The van der Waals surface area contributed by atoms with E-state index in [0.29, 0.717) is 17.9 Å². The molecule has 1 aliphatic rings. The van der Waals surface area contributed by atoms with E-state index in [2.05, 4.69) is 16.4 Å². The van der Waals surface area contributed by atoms with Crippen molar-refractivity contribution in [1.82, 2.24) is 10.3 Å². The van der Waals surface area contributed by atoms with E-state index in [1.54, 1.807) is 6.20 Å². The van der Waals surface area contributed by atoms with Gasteiger partial charge in [0.15, 0.2) is 5.78 Å². The molecule has 0 bridgehead atoms. The molecule has 4 heteroatoms. The summed E-state index contributed by atoms with van der Waals surface area (Å²) in [5, 5.41) is 3.29. The van der Waals surface area contributed by atoms with E-state index in [-0.39, 0.29) is 11.7 Å². The van der Waals surface area contributed by atoms with Crippen LogP contribution in [0, 0.1) is 6.92 Å². The van der Waals surface area contributed by atoms with Gasteiger partial charge in [0, 0.05) is 19.3 Å². The number of benzene rings is 1. The lowest BCUT2D eigenvalue weighted by Gasteiger charge is -2.25. The number of nitrogen functional groups attached to an aromatic ring is 1. The normalized spacial score (nSPS) is 17.6. The van der Waals surface area contributed by atoms with Crippen molar-refractivity contribution >= 4 is 11.6 Å². The number of ketones is 1. The first-order chi connectivity index (χ1) is 9.66. The molecule has 1 aromatic heterocycles. The van der Waals surface area contributed by atoms with E-state index >= 15 is 0 Å². The molecule has 1 aromatic carbocycles. The van der Waals surface area contributed by atoms with Gasteiger partial charge in [0.25, 0.3) is 0 Å². The van der Waals surface area contributed by atoms with Crippen LogP contribution in [0.4, 0.5) is 5.82 Å². The first-order valence-corrected chi connectivity index (χ1v) is 6.71. The molecule has 1 atom stereocenters. The Hall–Kier alpha value is -2.20. The summed E-state index contributed by atoms with van der Waals surface area (Å²) >= 11 is 0. The largest absolute Gasteiger partial charge is 0.383 e. The van der Waals surface area contributed by atoms with Crippen LogP contribution >= 0.6 is 0 Å². The van der Waals surface area contributed by atoms with Crippen molar-refractivity contribution in [3.63, 3.8) is 0 Å². The highest BCUT2D eigenvalue weighted by atomic mass is 16.1. The lowest BCUT2D eigenvalue weighted by molar-refractivity contribution is 0.0955. The van der Waals surface area contributed by atoms with E-state index in [1.165, 1.54) is 5.56 Å². The Balaban J connectivity index is 2.02. The van der Waals surface area contributed by atoms with Gasteiger partial charge in [-0.15, -0.1) is 0 Å². The molecule has 0 saturated heterocycles. The quantitative estimate of drug-likeness (QED) is 0.817. The molecule has 0 amide bonds. The maximum atomic E-state index is 12.8. The lowest BCUT2D eigenvalue weighted by Crippen LogP contribution is -2.33. The Morgan fingerprint density at radius 2 is 2.20 bits per heavy atom. The molecule has 0 aliphatic carbocycles. The number of nitrogens with one attached hydrogen (secondary N) is 1. The predicted molar refractivity (Wildman–Crippen MR) is 78.6 cm³/mol. The fraction of sp³-hybridized carbons (Fsp3) is 0.250. The average molecular weight is 267 g/mol. The number of nitrogens with zero attached hydrogens (tertiary/aromatic N) is 1. The minimum Gasteiger partial charge on any atom is -0.383 e. The third-order valence-corrected chi connectivity index (χ3v) is 3.73. The number of aromatic nitrogens is 1. The molecule has 3 rings (SSSR count). The zero-order valence-electron chi connectivity index (χ0n) is 11.4. The van der Waals surface area contributed by atoms with Gasteiger partial charge in [-0.3, -0.25) is 4.79 Å². The van der Waals surface area contributed by atoms with Crippen molar-refractivity contribution in [2.75, 3.05) is 12.3 Å². The minimum atomic E-state index is -0.189. The molecule has 102 valence electrons. The smallest absolute Gasteiger partial charge is 0.175 e. The Kier molecular flexibility index (Phi) is 3.24. The highest BCUT2D eigenvalue weighted by Gasteiger charge is 2.28. The Labute approximate surface area is 118 Å². The number of hydrogen-bond donors (Lipinski definition) is 2. The van der Waals surface area contributed by atoms with E-state index < -0.39 is 0 Å². The van der Waals surface area contributed by atoms with Gasteiger partial charge in [0.2, 0.25) is 0 Å². The number of carbonyl (C=O) groups excluding carboxylic acids is 1. The first-order valence-electron chi connectivity index (χ1n) is 6.71. The Morgan fingerprint density at radius 3 is 3.05 bits per heavy atom. The summed E-state index contributed by atoms with van der Waals surface area (Å²) in [6, 6.07) is 9.87. The summed E-state index contributed by atoms with van der Waals surface area (Å²) in [5.41, 5.74) is 9.60. The lowest BCUT2D eigenvalue weighted by atomic mass is 9.85. The van der Waals surface area contributed by atoms with Gasteiger partial charge in [-0.05, 0) is 29.7 Å². The van der Waals surface area contributed by atoms with Gasteiger partial charge in [-0.1, -0.05) is 24.3 Å². The highest BCUT2D eigenvalue weighted by molar-refractivity contribution is 6.04. The molecule has 1 unspecified atom stereocenters. The predicted octanol–water partition coefficient (Wildman–Crippen LogP) is 2.04. The molecule has 4 nitrogen and oxygen atoms in total. The van der Waals surface area contributed by atoms with E-state index in [9.17, 15) is 4.79 Å². The summed E-state index contributed by atoms with van der Waals surface area (Å²) < 4.78 is 0. The molecular weight excluding hydrogens is 250 g/mol. The molecule has 2 aromatic rings. The number of Topliss-reactive ketones (excluding diaryl/α,β-unsaturated/α-hetero) is 1. The summed E-state index contributed by atoms with van der Waals surface area (Å²) in [5.74, 6) is 0.160. The van der Waals surface area contributed by atoms with Gasteiger partial charge in [0.05, 0.1) is 11.5 Å². The van der Waals surface area contributed by atoms with Gasteiger partial charge in [-0.25, -0.2) is 4.98 Å². The van der Waals surface area contributed by atoms with E-state index in [4.69, 9.17) is 5.73 Å². The van der Waals surface area contributed by atoms with Crippen molar-refractivity contribution < 1.29 is 4.79 Å². The monoisotopic (exact) mass is 267 g/mol. The number of aryl methyl sites for hydroxylation is 1. The van der Waals surface area contributed by atoms with Crippen molar-refractivity contribution in [3.8, 4) is 0 Å². The van der Waals surface area contributed by atoms with Gasteiger partial charge in [0.1, 0.15) is 5.82 Å². The fourth-order valence-electron chi connectivity index (χ4n) is 2.70. The van der Waals surface area contributed by atoms with Gasteiger partial charge >= 0.3 is 0 Å². The molecule has 3 N–H and O–H groups in total. The topological polar surface area (TPSA) is 68.0 Å². The molecule has 20 heavy (non-hydrogen) atoms. The third kappa shape index (κ3) is 2.18. The molecule has 0 saturated carbocycles. The number of anilines is 1. The van der Waals surface area contributed by atoms with Crippen LogP contribution in [0.5, 0.6) is 0 Å². The summed E-state index contributed by atoms with van der Waals surface area (Å²) in [4.78, 5) is 16.9. The first kappa shape index (κ1) is 12.8. The molecule has 0 fully saturated rings. The van der Waals surface area contributed by atoms with Crippen LogP contribution in [0.25, 0.3) is 0 Å². The second-order valence-corrected chi connectivity index (χ2v) is 5.19. The van der Waals surface area contributed by atoms with Crippen LogP contribution < -0.4 is 11.1 Å². The molecule has 0 radical (unpaired) electrons. The van der Waals surface area contributed by atoms with Gasteiger partial charge < -0.3 is 11.1 Å². The number of fused-ring (bicyclic) bond motifs is 1. The van der Waals surface area contributed by atoms with Crippen LogP contribution in [-0.4, -0.2) is 17.3 Å². The number of carbonyl (C=O) groups is 1. The van der Waals surface area contributed by atoms with E-state index in [0.717, 1.165) is 17.7 Å². The highest BCUT2D eigenvalue weighted by Crippen LogP contribution is 2.28. The number of pyridine rings is 1. The second kappa shape index (κ2) is 5.06. The van der Waals surface area contributed by atoms with Gasteiger partial charge in [-0.2, -0.15) is 0 Å². The Morgan fingerprint density at radius 1 is 1.40 bits per heavy atom. The van der Waals surface area contributed by atoms with Crippen LogP contribution in [-0.2, 0) is 6.54 Å². The van der Waals surface area contributed by atoms with Crippen LogP contribution in [0.1, 0.15) is 33.0 Å². The van der Waals surface area contributed by atoms with Crippen LogP contribution in [0.3, 0.4) is 0 Å². The SMILES string of the molecule is Cc1cnc(N)c(C(=O)C2CNCc3ccccc32)c1. The molecule has 2 heterocycles. The van der Waals surface area contributed by atoms with Crippen LogP contribution in [0.2, 0.25) is 0 Å². The third-order valence-electron chi connectivity index (χ3n) is 3.73. The minimum absolute atomic E-state index is 0.0401. The summed E-state index contributed by atoms with van der Waals surface area (Å²) in [6.45, 7) is 3.36. The Bertz CT molecular complexity index is 667. The molecule has 0 spiro atoms. The maximum absolute atomic E-state index is 12.8. The average Bonchev–Trinajstić information content (AvgIpc) is 2.48. The van der Waals surface area contributed by atoms with Crippen molar-refractivity contribution in [2.45, 2.75) is 19.4 Å². The number of nitrogens with two attached hydrogens (primary N) is 1.